The molecule has 150 valence electrons. The fourth-order valence-electron chi connectivity index (χ4n) is 3.40. The first-order valence-electron chi connectivity index (χ1n) is 9.69. The van der Waals surface area contributed by atoms with Crippen molar-refractivity contribution >= 4 is 43.7 Å². The third kappa shape index (κ3) is 3.27. The minimum atomic E-state index is -0.354. The highest BCUT2D eigenvalue weighted by Crippen LogP contribution is 2.35. The van der Waals surface area contributed by atoms with E-state index in [0.29, 0.717) is 27.9 Å². The number of para-hydroxylation sites is 3. The topological polar surface area (TPSA) is 72.4 Å². The van der Waals surface area contributed by atoms with E-state index < -0.39 is 0 Å². The SMILES string of the molecule is CC(C)c1cccc2sc(N(Cc3ccco3)C(=O)c3nc4ccccc4o3)nc12. The molecular formula is C23H19N3O3S. The van der Waals surface area contributed by atoms with E-state index in [1.807, 2.05) is 36.4 Å². The Labute approximate surface area is 176 Å². The average Bonchev–Trinajstić information content (AvgIpc) is 3.49. The van der Waals surface area contributed by atoms with Crippen LogP contribution < -0.4 is 4.90 Å². The van der Waals surface area contributed by atoms with Gasteiger partial charge in [-0.05, 0) is 41.8 Å². The van der Waals surface area contributed by atoms with Crippen LogP contribution in [0.15, 0.2) is 69.7 Å². The highest BCUT2D eigenvalue weighted by molar-refractivity contribution is 7.22. The van der Waals surface area contributed by atoms with Crippen molar-refractivity contribution in [2.75, 3.05) is 4.90 Å². The van der Waals surface area contributed by atoms with Crippen LogP contribution in [-0.4, -0.2) is 15.9 Å². The largest absolute Gasteiger partial charge is 0.467 e. The van der Waals surface area contributed by atoms with Crippen LogP contribution in [0.2, 0.25) is 0 Å². The molecule has 6 nitrogen and oxygen atoms in total. The van der Waals surface area contributed by atoms with Crippen molar-refractivity contribution in [1.29, 1.82) is 0 Å². The normalized spacial score (nSPS) is 11.6. The summed E-state index contributed by atoms with van der Waals surface area (Å²) in [7, 11) is 0. The van der Waals surface area contributed by atoms with Crippen LogP contribution in [-0.2, 0) is 6.54 Å². The van der Waals surface area contributed by atoms with Crippen molar-refractivity contribution < 1.29 is 13.6 Å². The van der Waals surface area contributed by atoms with Gasteiger partial charge in [0.05, 0.1) is 23.0 Å². The first-order chi connectivity index (χ1) is 14.6. The van der Waals surface area contributed by atoms with Crippen LogP contribution in [0.3, 0.4) is 0 Å². The molecular weight excluding hydrogens is 398 g/mol. The highest BCUT2D eigenvalue weighted by atomic mass is 32.1. The molecule has 0 bridgehead atoms. The van der Waals surface area contributed by atoms with Gasteiger partial charge in [0.25, 0.3) is 5.89 Å². The molecule has 7 heteroatoms. The number of benzene rings is 2. The molecule has 2 aromatic carbocycles. The lowest BCUT2D eigenvalue weighted by molar-refractivity contribution is 0.0952. The van der Waals surface area contributed by atoms with Crippen molar-refractivity contribution in [3.05, 3.63) is 78.1 Å². The zero-order valence-corrected chi connectivity index (χ0v) is 17.3. The van der Waals surface area contributed by atoms with E-state index in [1.165, 1.54) is 11.3 Å². The van der Waals surface area contributed by atoms with Gasteiger partial charge in [0, 0.05) is 0 Å². The number of carbonyl (C=O) groups is 1. The van der Waals surface area contributed by atoms with Gasteiger partial charge < -0.3 is 8.83 Å². The third-order valence-corrected chi connectivity index (χ3v) is 5.95. The molecule has 30 heavy (non-hydrogen) atoms. The lowest BCUT2D eigenvalue weighted by Gasteiger charge is -2.16. The van der Waals surface area contributed by atoms with Crippen LogP contribution in [0, 0.1) is 0 Å². The molecule has 5 rings (SSSR count). The molecule has 0 aliphatic heterocycles. The second kappa shape index (κ2) is 7.42. The number of hydrogen-bond donors (Lipinski definition) is 0. The van der Waals surface area contributed by atoms with Gasteiger partial charge in [-0.1, -0.05) is 49.4 Å². The van der Waals surface area contributed by atoms with E-state index in [9.17, 15) is 4.79 Å². The average molecular weight is 417 g/mol. The molecule has 3 aromatic heterocycles. The van der Waals surface area contributed by atoms with Crippen molar-refractivity contribution in [2.24, 2.45) is 0 Å². The van der Waals surface area contributed by atoms with Crippen molar-refractivity contribution in [2.45, 2.75) is 26.3 Å². The molecule has 0 aliphatic carbocycles. The third-order valence-electron chi connectivity index (χ3n) is 4.91. The van der Waals surface area contributed by atoms with Gasteiger partial charge >= 0.3 is 5.91 Å². The summed E-state index contributed by atoms with van der Waals surface area (Å²) in [5.74, 6) is 0.663. The maximum Gasteiger partial charge on any atom is 0.316 e. The Morgan fingerprint density at radius 3 is 2.70 bits per heavy atom. The van der Waals surface area contributed by atoms with Crippen molar-refractivity contribution in [1.82, 2.24) is 9.97 Å². The number of amides is 1. The fraction of sp³-hybridized carbons (Fsp3) is 0.174. The molecule has 0 N–H and O–H groups in total. The molecule has 0 atom stereocenters. The van der Waals surface area contributed by atoms with Gasteiger partial charge in [0.1, 0.15) is 11.3 Å². The van der Waals surface area contributed by atoms with Gasteiger partial charge in [-0.25, -0.2) is 9.97 Å². The lowest BCUT2D eigenvalue weighted by atomic mass is 10.0. The molecule has 1 amide bonds. The maximum atomic E-state index is 13.4. The summed E-state index contributed by atoms with van der Waals surface area (Å²) in [6, 6.07) is 17.1. The van der Waals surface area contributed by atoms with Crippen LogP contribution in [0.5, 0.6) is 0 Å². The Kier molecular flexibility index (Phi) is 4.59. The predicted octanol–water partition coefficient (Wildman–Crippen LogP) is 6.00. The Morgan fingerprint density at radius 1 is 1.07 bits per heavy atom. The number of oxazole rings is 1. The summed E-state index contributed by atoms with van der Waals surface area (Å²) in [6.45, 7) is 4.51. The van der Waals surface area contributed by atoms with E-state index in [0.717, 1.165) is 15.8 Å². The van der Waals surface area contributed by atoms with Crippen LogP contribution in [0.25, 0.3) is 21.3 Å². The molecule has 0 radical (unpaired) electrons. The number of furan rings is 1. The molecule has 5 aromatic rings. The van der Waals surface area contributed by atoms with E-state index in [1.54, 1.807) is 23.3 Å². The number of nitrogens with zero attached hydrogens (tertiary/aromatic N) is 3. The lowest BCUT2D eigenvalue weighted by Crippen LogP contribution is -2.30. The zero-order valence-electron chi connectivity index (χ0n) is 16.5. The smallest absolute Gasteiger partial charge is 0.316 e. The van der Waals surface area contributed by atoms with Crippen LogP contribution in [0.1, 0.15) is 41.8 Å². The Morgan fingerprint density at radius 2 is 1.93 bits per heavy atom. The van der Waals surface area contributed by atoms with Gasteiger partial charge in [0.15, 0.2) is 10.7 Å². The van der Waals surface area contributed by atoms with Crippen molar-refractivity contribution in [3.63, 3.8) is 0 Å². The highest BCUT2D eigenvalue weighted by Gasteiger charge is 2.27. The second-order valence-corrected chi connectivity index (χ2v) is 8.31. The summed E-state index contributed by atoms with van der Waals surface area (Å²) in [5, 5.41) is 0.585. The predicted molar refractivity (Wildman–Crippen MR) is 117 cm³/mol. The van der Waals surface area contributed by atoms with E-state index in [-0.39, 0.29) is 18.3 Å². The summed E-state index contributed by atoms with van der Waals surface area (Å²) in [5.41, 5.74) is 3.29. The molecule has 0 unspecified atom stereocenters. The maximum absolute atomic E-state index is 13.4. The van der Waals surface area contributed by atoms with Gasteiger partial charge in [0.2, 0.25) is 0 Å². The van der Waals surface area contributed by atoms with Gasteiger partial charge in [-0.15, -0.1) is 0 Å². The van der Waals surface area contributed by atoms with E-state index >= 15 is 0 Å². The number of hydrogen-bond acceptors (Lipinski definition) is 6. The van der Waals surface area contributed by atoms with Gasteiger partial charge in [-0.3, -0.25) is 9.69 Å². The molecule has 3 heterocycles. The Balaban J connectivity index is 1.60. The Bertz CT molecular complexity index is 1300. The number of aromatic nitrogens is 2. The summed E-state index contributed by atoms with van der Waals surface area (Å²) in [4.78, 5) is 24.2. The standard InChI is InChI=1S/C23H19N3O3S/c1-14(2)16-8-5-11-19-20(16)25-23(30-19)26(13-15-7-6-12-28-15)22(27)21-24-17-9-3-4-10-18(17)29-21/h3-12,14H,13H2,1-2H3. The van der Waals surface area contributed by atoms with E-state index in [2.05, 4.69) is 24.9 Å². The molecule has 0 fully saturated rings. The van der Waals surface area contributed by atoms with Crippen molar-refractivity contribution in [3.8, 4) is 0 Å². The van der Waals surface area contributed by atoms with Crippen LogP contribution >= 0.6 is 11.3 Å². The van der Waals surface area contributed by atoms with Gasteiger partial charge in [-0.2, -0.15) is 0 Å². The minimum absolute atomic E-state index is 0.0334. The van der Waals surface area contributed by atoms with Crippen LogP contribution in [0.4, 0.5) is 5.13 Å². The quantitative estimate of drug-likeness (QED) is 0.351. The first-order valence-corrected chi connectivity index (χ1v) is 10.5. The van der Waals surface area contributed by atoms with E-state index in [4.69, 9.17) is 13.8 Å². The number of anilines is 1. The number of fused-ring (bicyclic) bond motifs is 2. The Hall–Kier alpha value is -3.45. The molecule has 0 saturated heterocycles. The molecule has 0 aliphatic rings. The zero-order chi connectivity index (χ0) is 20.7. The fourth-order valence-corrected chi connectivity index (χ4v) is 4.40. The summed E-state index contributed by atoms with van der Waals surface area (Å²) < 4.78 is 12.3. The number of carbonyl (C=O) groups excluding carboxylic acids is 1. The molecule has 0 saturated carbocycles. The first kappa shape index (κ1) is 18.6. The monoisotopic (exact) mass is 417 g/mol. The summed E-state index contributed by atoms with van der Waals surface area (Å²) in [6.07, 6.45) is 1.59. The second-order valence-electron chi connectivity index (χ2n) is 7.30. The number of thiazole rings is 1. The minimum Gasteiger partial charge on any atom is -0.467 e. The summed E-state index contributed by atoms with van der Waals surface area (Å²) >= 11 is 1.47. The number of rotatable bonds is 5. The molecule has 0 spiro atoms.